The molecule has 0 fully saturated rings. The van der Waals surface area contributed by atoms with Gasteiger partial charge in [-0.25, -0.2) is 0 Å². The number of nitrogens with two attached hydrogens (primary N) is 2. The van der Waals surface area contributed by atoms with Crippen LogP contribution in [0.2, 0.25) is 0 Å². The number of aliphatic hydroxyl groups is 1. The molecule has 1 atom stereocenters. The van der Waals surface area contributed by atoms with Crippen LogP contribution >= 0.6 is 11.6 Å². The number of hydrogen-bond acceptors (Lipinski definition) is 20. The molecule has 0 bridgehead atoms. The van der Waals surface area contributed by atoms with Crippen molar-refractivity contribution in [1.29, 1.82) is 0 Å². The summed E-state index contributed by atoms with van der Waals surface area (Å²) in [6.45, 7) is 0. The molecule has 0 radical (unpaired) electrons. The zero-order chi connectivity index (χ0) is 92.9. The molecule has 1 unspecified atom stereocenters. The number of carbonyl (C=O) groups excluding carboxylic acids is 9. The van der Waals surface area contributed by atoms with Gasteiger partial charge in [-0.3, -0.25) is 83.6 Å². The summed E-state index contributed by atoms with van der Waals surface area (Å²) in [5, 5.41) is 61.8. The Kier molecular flexibility index (Phi) is 41.4. The molecule has 0 aliphatic carbocycles. The molecule has 18 rings (SSSR count). The number of hydrogen-bond donors (Lipinski definition) is 9. The van der Waals surface area contributed by atoms with Gasteiger partial charge in [0.2, 0.25) is 35.4 Å². The first-order valence-corrected chi connectivity index (χ1v) is 39.5. The van der Waals surface area contributed by atoms with Crippen molar-refractivity contribution in [3.8, 4) is 0 Å². The van der Waals surface area contributed by atoms with E-state index >= 15 is 0 Å². The lowest BCUT2D eigenvalue weighted by Crippen LogP contribution is -2.03. The van der Waals surface area contributed by atoms with Crippen LogP contribution < -0.4 is 43.4 Å². The largest absolute Gasteiger partial charge is 0.384 e. The highest BCUT2D eigenvalue weighted by Gasteiger charge is 2.24. The number of amides is 6. The Bertz CT molecular complexity index is 5470. The molecule has 6 heterocycles. The lowest BCUT2D eigenvalue weighted by Gasteiger charge is -2.12. The van der Waals surface area contributed by atoms with Gasteiger partial charge in [0.15, 0.2) is 39.8 Å². The van der Waals surface area contributed by atoms with Gasteiger partial charge in [0, 0.05) is 81.6 Å². The van der Waals surface area contributed by atoms with Gasteiger partial charge in [0.25, 0.3) is 5.24 Å². The van der Waals surface area contributed by atoms with E-state index in [-0.39, 0.29) is 47.0 Å². The Labute approximate surface area is 737 Å². The van der Waals surface area contributed by atoms with E-state index in [0.29, 0.717) is 66.3 Å². The Balaban J connectivity index is 0.000000222. The van der Waals surface area contributed by atoms with Crippen molar-refractivity contribution in [2.75, 3.05) is 74.2 Å². The number of benzene rings is 12. The molecule has 0 spiro atoms. The van der Waals surface area contributed by atoms with Gasteiger partial charge in [-0.05, 0) is 166 Å². The third kappa shape index (κ3) is 34.9. The van der Waals surface area contributed by atoms with Crippen LogP contribution in [0.15, 0.2) is 297 Å². The second-order valence-electron chi connectivity index (χ2n) is 27.6. The van der Waals surface area contributed by atoms with E-state index in [1.165, 1.54) is 36.3 Å². The summed E-state index contributed by atoms with van der Waals surface area (Å²) in [5.41, 5.74) is 30.3. The molecule has 654 valence electrons. The molecule has 0 aromatic heterocycles. The van der Waals surface area contributed by atoms with Crippen LogP contribution in [-0.2, 0) is 80.1 Å². The average molecular weight is 1740 g/mol. The molecule has 6 aliphatic heterocycles. The van der Waals surface area contributed by atoms with E-state index in [2.05, 4.69) is 91.9 Å². The van der Waals surface area contributed by atoms with E-state index in [0.717, 1.165) is 120 Å². The molecule has 11 N–H and O–H groups in total. The van der Waals surface area contributed by atoms with Gasteiger partial charge in [0.05, 0.1) is 38.5 Å². The number of nitrogens with zero attached hydrogens (tertiary/aromatic N) is 4. The smallest absolute Gasteiger partial charge is 0.252 e. The summed E-state index contributed by atoms with van der Waals surface area (Å²) in [7, 11) is 6.56. The van der Waals surface area contributed by atoms with Gasteiger partial charge >= 0.3 is 0 Å². The molecule has 12 aromatic rings. The average Bonchev–Trinajstić information content (AvgIpc) is 1.76. The Morgan fingerprint density at radius 2 is 0.543 bits per heavy atom. The zero-order valence-corrected chi connectivity index (χ0v) is 71.0. The first kappa shape index (κ1) is 100. The summed E-state index contributed by atoms with van der Waals surface area (Å²) in [6, 6.07) is 93.6. The van der Waals surface area contributed by atoms with E-state index in [9.17, 15) is 48.3 Å². The molecule has 6 amide bonds. The molecule has 31 heteroatoms. The van der Waals surface area contributed by atoms with Gasteiger partial charge in [-0.15, -0.1) is 0 Å². The van der Waals surface area contributed by atoms with Gasteiger partial charge in [-0.1, -0.05) is 237 Å². The van der Waals surface area contributed by atoms with Crippen LogP contribution in [0.3, 0.4) is 0 Å². The summed E-state index contributed by atoms with van der Waals surface area (Å²) in [6.07, 6.45) is 3.85. The van der Waals surface area contributed by atoms with Crippen molar-refractivity contribution < 1.29 is 68.0 Å². The van der Waals surface area contributed by atoms with Crippen molar-refractivity contribution in [1.82, 2.24) is 0 Å². The van der Waals surface area contributed by atoms with E-state index in [1.54, 1.807) is 84.9 Å². The molecule has 127 heavy (non-hydrogen) atoms. The maximum atomic E-state index is 12.2. The lowest BCUT2D eigenvalue weighted by atomic mass is 9.99. The third-order valence-corrected chi connectivity index (χ3v) is 18.2. The predicted octanol–water partition coefficient (Wildman–Crippen LogP) is 14.6. The fourth-order valence-electron chi connectivity index (χ4n) is 12.7. The quantitative estimate of drug-likeness (QED) is 0.0251. The number of nitrogens with one attached hydrogen (secondary N) is 6. The normalized spacial score (nSPS) is 12.0. The Morgan fingerprint density at radius 1 is 0.299 bits per heavy atom. The fourth-order valence-corrected chi connectivity index (χ4v) is 12.8. The SMILES string of the molecule is CN.CN.C[N+](=O)[O-].C[N+](=O)[O-].C[N+](=O)[O-].C[N+](=O)[O-].O=C(Cl)c1ccccc1.O=C1Cc2cc(C(=O)c3ccccc3)ccc2N1.O=C1Cc2cc(C(=O)c3ccccc3)ccc2N1.O=C1Cc2cc(C(O)c3ccccc3)ccc2N1.O=C1Cc2cc(Cc3ccccc3)ccc2N1.O=C1Cc2cc(Cc3ccccc3)ccc2N1.O=C1Cc2ccccc2N1. The van der Waals surface area contributed by atoms with E-state index in [1.807, 2.05) is 164 Å². The number of rotatable bonds is 11. The van der Waals surface area contributed by atoms with E-state index < -0.39 is 31.0 Å². The van der Waals surface area contributed by atoms with Crippen molar-refractivity contribution >= 4 is 98.0 Å². The minimum absolute atomic E-state index is 0.0105. The molecule has 30 nitrogen and oxygen atoms in total. The first-order valence-electron chi connectivity index (χ1n) is 39.2. The monoisotopic (exact) mass is 1740 g/mol. The minimum atomic E-state index is -0.646. The molecule has 12 aromatic carbocycles. The summed E-state index contributed by atoms with van der Waals surface area (Å²) in [5.74, 6) is 0.227. The number of anilines is 6. The second-order valence-corrected chi connectivity index (χ2v) is 27.9. The first-order chi connectivity index (χ1) is 60.9. The molecular formula is C96H95ClN12O18. The van der Waals surface area contributed by atoms with Crippen LogP contribution in [0.4, 0.5) is 34.1 Å². The molecule has 0 saturated carbocycles. The summed E-state index contributed by atoms with van der Waals surface area (Å²) < 4.78 is 0. The van der Waals surface area contributed by atoms with Crippen LogP contribution in [0.5, 0.6) is 0 Å². The highest BCUT2D eigenvalue weighted by Crippen LogP contribution is 2.32. The van der Waals surface area contributed by atoms with Crippen LogP contribution in [0.1, 0.15) is 115 Å². The minimum Gasteiger partial charge on any atom is -0.384 e. The number of halogens is 1. The topological polar surface area (TPSA) is 471 Å². The van der Waals surface area contributed by atoms with Gasteiger partial charge in [-0.2, -0.15) is 0 Å². The molecular weight excluding hydrogens is 1640 g/mol. The number of carbonyl (C=O) groups is 9. The molecule has 6 aliphatic rings. The van der Waals surface area contributed by atoms with Crippen LogP contribution in [0.25, 0.3) is 0 Å². The number of ketones is 2. The maximum Gasteiger partial charge on any atom is 0.252 e. The Morgan fingerprint density at radius 3 is 0.850 bits per heavy atom. The van der Waals surface area contributed by atoms with Crippen molar-refractivity contribution in [2.24, 2.45) is 11.5 Å². The van der Waals surface area contributed by atoms with Crippen molar-refractivity contribution in [3.05, 3.63) is 432 Å². The highest BCUT2D eigenvalue weighted by atomic mass is 35.5. The van der Waals surface area contributed by atoms with Crippen LogP contribution in [0, 0.1) is 40.5 Å². The third-order valence-electron chi connectivity index (χ3n) is 18.0. The van der Waals surface area contributed by atoms with Crippen molar-refractivity contribution in [2.45, 2.75) is 57.5 Å². The second kappa shape index (κ2) is 52.5. The summed E-state index contributed by atoms with van der Waals surface area (Å²) >= 11 is 5.16. The number of fused-ring (bicyclic) bond motifs is 6. The Hall–Kier alpha value is -15.8. The van der Waals surface area contributed by atoms with Crippen LogP contribution in [-0.4, -0.2) is 119 Å². The van der Waals surface area contributed by atoms with E-state index in [4.69, 9.17) is 52.1 Å². The number of nitro groups is 4. The van der Waals surface area contributed by atoms with Gasteiger partial charge < -0.3 is 48.5 Å². The van der Waals surface area contributed by atoms with Crippen molar-refractivity contribution in [3.63, 3.8) is 0 Å². The molecule has 0 saturated heterocycles. The zero-order valence-electron chi connectivity index (χ0n) is 70.2. The standard InChI is InChI=1S/C15H13NO2.2C15H11NO2.2C15H13NO.C8H7NO.C7H5ClO.4CH3NO2.2CH5N/c3*17-14-9-12-8-11(6-7-13(12)16-14)15(18)10-4-2-1-3-5-10;2*17-15-10-13-9-12(6-7-14(13)16-15)8-11-4-2-1-3-5-11;10-8-5-6-3-1-2-4-7(6)9-8;8-7(9)6-4-2-1-3-5-6;4*1-2(3)4;2*1-2/h1-8,15,18H,9H2,(H,16,17);2*1-8H,9H2,(H,16,17);2*1-7,9H,8,10H2,(H,16,17);1-4H,5H2,(H,9,10);1-5H;4*1H3;2*2H2,1H3. The number of para-hydroxylation sites is 1. The van der Waals surface area contributed by atoms with Gasteiger partial charge in [0.1, 0.15) is 6.10 Å². The summed E-state index contributed by atoms with van der Waals surface area (Å²) in [4.78, 5) is 135. The lowest BCUT2D eigenvalue weighted by molar-refractivity contribution is -0.445. The predicted molar refractivity (Wildman–Crippen MR) is 490 cm³/mol. The number of aliphatic hydroxyl groups excluding tert-OH is 1. The maximum absolute atomic E-state index is 12.2. The fraction of sp³-hybridized carbons (Fsp3) is 0.156. The highest BCUT2D eigenvalue weighted by molar-refractivity contribution is 6.67.